The summed E-state index contributed by atoms with van der Waals surface area (Å²) in [5.74, 6) is 1.44. The Labute approximate surface area is 171 Å². The number of rotatable bonds is 6. The van der Waals surface area contributed by atoms with Gasteiger partial charge < -0.3 is 15.0 Å². The first-order valence-electron chi connectivity index (χ1n) is 10.5. The Balaban J connectivity index is 1.38. The number of carbonyl (C=O) groups excluding carboxylic acids is 1. The van der Waals surface area contributed by atoms with Crippen molar-refractivity contribution in [3.8, 4) is 5.75 Å². The Morgan fingerprint density at radius 3 is 2.93 bits per heavy atom. The fourth-order valence-electron chi connectivity index (χ4n) is 4.60. The van der Waals surface area contributed by atoms with Crippen LogP contribution >= 0.6 is 0 Å². The highest BCUT2D eigenvalue weighted by atomic mass is 16.5. The minimum absolute atomic E-state index is 0.115. The number of ether oxygens (including phenoxy) is 1. The summed E-state index contributed by atoms with van der Waals surface area (Å²) in [5, 5.41) is 8.93. The van der Waals surface area contributed by atoms with E-state index in [9.17, 15) is 4.79 Å². The second-order valence-electron chi connectivity index (χ2n) is 8.18. The van der Waals surface area contributed by atoms with Gasteiger partial charge in [0.2, 0.25) is 5.91 Å². The van der Waals surface area contributed by atoms with E-state index in [0.29, 0.717) is 18.9 Å². The van der Waals surface area contributed by atoms with Crippen molar-refractivity contribution in [1.82, 2.24) is 20.1 Å². The number of fused-ring (bicyclic) bond motifs is 1. The second kappa shape index (κ2) is 8.31. The van der Waals surface area contributed by atoms with Gasteiger partial charge in [0.05, 0.1) is 12.8 Å². The van der Waals surface area contributed by atoms with Gasteiger partial charge in [0.1, 0.15) is 5.75 Å². The van der Waals surface area contributed by atoms with Crippen molar-refractivity contribution in [3.63, 3.8) is 0 Å². The van der Waals surface area contributed by atoms with Crippen molar-refractivity contribution in [2.75, 3.05) is 7.11 Å². The molecule has 6 heteroatoms. The maximum Gasteiger partial charge on any atom is 0.222 e. The number of aromatic amines is 1. The zero-order valence-electron chi connectivity index (χ0n) is 17.5. The number of amides is 1. The lowest BCUT2D eigenvalue weighted by Gasteiger charge is -2.30. The molecule has 1 saturated carbocycles. The molecule has 3 aromatic rings. The van der Waals surface area contributed by atoms with Crippen LogP contribution in [0.2, 0.25) is 0 Å². The van der Waals surface area contributed by atoms with Crippen LogP contribution in [-0.4, -0.2) is 33.8 Å². The van der Waals surface area contributed by atoms with Crippen LogP contribution in [0.3, 0.4) is 0 Å². The first-order valence-corrected chi connectivity index (χ1v) is 10.5. The van der Waals surface area contributed by atoms with Crippen LogP contribution in [0, 0.1) is 13.8 Å². The maximum atomic E-state index is 12.5. The van der Waals surface area contributed by atoms with Gasteiger partial charge >= 0.3 is 0 Å². The van der Waals surface area contributed by atoms with Crippen LogP contribution in [0.25, 0.3) is 10.9 Å². The number of methoxy groups -OCH3 is 1. The Hall–Kier alpha value is -2.76. The van der Waals surface area contributed by atoms with Gasteiger partial charge in [-0.3, -0.25) is 9.48 Å². The van der Waals surface area contributed by atoms with E-state index in [4.69, 9.17) is 4.74 Å². The molecule has 0 spiro atoms. The number of aryl methyl sites for hydroxylation is 3. The number of H-pyrrole nitrogens is 1. The third-order valence-corrected chi connectivity index (χ3v) is 6.05. The Morgan fingerprint density at radius 2 is 2.17 bits per heavy atom. The van der Waals surface area contributed by atoms with E-state index < -0.39 is 0 Å². The van der Waals surface area contributed by atoms with E-state index in [0.717, 1.165) is 48.3 Å². The van der Waals surface area contributed by atoms with Crippen LogP contribution in [0.4, 0.5) is 0 Å². The zero-order chi connectivity index (χ0) is 20.4. The first-order chi connectivity index (χ1) is 14.0. The fourth-order valence-corrected chi connectivity index (χ4v) is 4.60. The molecule has 2 N–H and O–H groups in total. The Bertz CT molecular complexity index is 1000. The average Bonchev–Trinajstić information content (AvgIpc) is 3.28. The van der Waals surface area contributed by atoms with Crippen LogP contribution in [0.15, 0.2) is 30.5 Å². The molecule has 1 fully saturated rings. The standard InChI is InChI=1S/C23H30N4O2/c1-15-11-16(2)27(26-15)10-9-23(28)25-18-6-4-5-17(12-18)21-14-24-22-8-7-19(29-3)13-20(21)22/h7-8,11,13-14,17-18,24H,4-6,9-10,12H2,1-3H3,(H,25,28)/t17-,18+/m1/s1. The third kappa shape index (κ3) is 4.31. The fraction of sp³-hybridized carbons (Fsp3) is 0.478. The molecule has 2 atom stereocenters. The molecule has 1 aromatic carbocycles. The largest absolute Gasteiger partial charge is 0.497 e. The van der Waals surface area contributed by atoms with Crippen molar-refractivity contribution in [1.29, 1.82) is 0 Å². The number of aromatic nitrogens is 3. The predicted molar refractivity (Wildman–Crippen MR) is 114 cm³/mol. The molecule has 154 valence electrons. The molecule has 1 amide bonds. The van der Waals surface area contributed by atoms with Crippen LogP contribution in [0.1, 0.15) is 55.0 Å². The van der Waals surface area contributed by atoms with Crippen molar-refractivity contribution in [2.45, 2.75) is 64.5 Å². The number of hydrogen-bond donors (Lipinski definition) is 2. The molecule has 4 rings (SSSR count). The summed E-state index contributed by atoms with van der Waals surface area (Å²) in [4.78, 5) is 15.9. The van der Waals surface area contributed by atoms with Gasteiger partial charge in [-0.25, -0.2) is 0 Å². The molecule has 0 unspecified atom stereocenters. The molecule has 0 bridgehead atoms. The molecule has 0 aliphatic heterocycles. The molecule has 2 heterocycles. The van der Waals surface area contributed by atoms with E-state index in [2.05, 4.69) is 33.7 Å². The average molecular weight is 395 g/mol. The molecular formula is C23H30N4O2. The molecule has 29 heavy (non-hydrogen) atoms. The molecule has 6 nitrogen and oxygen atoms in total. The number of nitrogens with zero attached hydrogens (tertiary/aromatic N) is 2. The van der Waals surface area contributed by atoms with Crippen molar-refractivity contribution in [3.05, 3.63) is 47.4 Å². The van der Waals surface area contributed by atoms with Crippen LogP contribution < -0.4 is 10.1 Å². The molecule has 1 aliphatic carbocycles. The molecule has 0 saturated heterocycles. The highest BCUT2D eigenvalue weighted by Crippen LogP contribution is 2.37. The lowest BCUT2D eigenvalue weighted by molar-refractivity contribution is -0.122. The van der Waals surface area contributed by atoms with Gasteiger partial charge in [-0.05, 0) is 68.9 Å². The van der Waals surface area contributed by atoms with E-state index in [-0.39, 0.29) is 11.9 Å². The summed E-state index contributed by atoms with van der Waals surface area (Å²) in [6.45, 7) is 4.63. The van der Waals surface area contributed by atoms with Gasteiger partial charge in [-0.1, -0.05) is 6.42 Å². The summed E-state index contributed by atoms with van der Waals surface area (Å²) in [7, 11) is 1.70. The van der Waals surface area contributed by atoms with Crippen molar-refractivity contribution >= 4 is 16.8 Å². The molecule has 1 aliphatic rings. The maximum absolute atomic E-state index is 12.5. The van der Waals surface area contributed by atoms with Crippen LogP contribution in [-0.2, 0) is 11.3 Å². The summed E-state index contributed by atoms with van der Waals surface area (Å²) >= 11 is 0. The Kier molecular flexibility index (Phi) is 5.60. The van der Waals surface area contributed by atoms with Gasteiger partial charge in [0.15, 0.2) is 0 Å². The van der Waals surface area contributed by atoms with E-state index in [1.54, 1.807) is 7.11 Å². The lowest BCUT2D eigenvalue weighted by Crippen LogP contribution is -2.38. The van der Waals surface area contributed by atoms with Gasteiger partial charge in [-0.2, -0.15) is 5.10 Å². The minimum Gasteiger partial charge on any atom is -0.497 e. The van der Waals surface area contributed by atoms with Gasteiger partial charge in [-0.15, -0.1) is 0 Å². The number of benzene rings is 1. The quantitative estimate of drug-likeness (QED) is 0.657. The van der Waals surface area contributed by atoms with Gasteiger partial charge in [0, 0.05) is 41.8 Å². The number of carbonyl (C=O) groups is 1. The van der Waals surface area contributed by atoms with E-state index in [1.165, 1.54) is 10.9 Å². The number of nitrogens with one attached hydrogen (secondary N) is 2. The van der Waals surface area contributed by atoms with E-state index in [1.807, 2.05) is 30.7 Å². The topological polar surface area (TPSA) is 71.9 Å². The summed E-state index contributed by atoms with van der Waals surface area (Å²) in [6.07, 6.45) is 6.91. The normalized spacial score (nSPS) is 19.4. The highest BCUT2D eigenvalue weighted by molar-refractivity contribution is 5.85. The smallest absolute Gasteiger partial charge is 0.222 e. The van der Waals surface area contributed by atoms with Gasteiger partial charge in [0.25, 0.3) is 0 Å². The first kappa shape index (κ1) is 19.6. The summed E-state index contributed by atoms with van der Waals surface area (Å²) in [5.41, 5.74) is 4.56. The highest BCUT2D eigenvalue weighted by Gasteiger charge is 2.26. The third-order valence-electron chi connectivity index (χ3n) is 6.05. The summed E-state index contributed by atoms with van der Waals surface area (Å²) < 4.78 is 7.32. The monoisotopic (exact) mass is 394 g/mol. The van der Waals surface area contributed by atoms with Crippen LogP contribution in [0.5, 0.6) is 5.75 Å². The Morgan fingerprint density at radius 1 is 1.31 bits per heavy atom. The predicted octanol–water partition coefficient (Wildman–Crippen LogP) is 4.22. The lowest BCUT2D eigenvalue weighted by atomic mass is 9.81. The zero-order valence-corrected chi connectivity index (χ0v) is 17.5. The molecular weight excluding hydrogens is 364 g/mol. The SMILES string of the molecule is COc1ccc2[nH]cc([C@@H]3CCC[C@H](NC(=O)CCn4nc(C)cc4C)C3)c2c1. The van der Waals surface area contributed by atoms with Crippen molar-refractivity contribution in [2.24, 2.45) is 0 Å². The summed E-state index contributed by atoms with van der Waals surface area (Å²) in [6, 6.07) is 8.43. The minimum atomic E-state index is 0.115. The molecule has 2 aromatic heterocycles. The molecule has 0 radical (unpaired) electrons. The second-order valence-corrected chi connectivity index (χ2v) is 8.18. The van der Waals surface area contributed by atoms with Crippen molar-refractivity contribution < 1.29 is 9.53 Å². The number of hydrogen-bond acceptors (Lipinski definition) is 3. The van der Waals surface area contributed by atoms with E-state index >= 15 is 0 Å².